The highest BCUT2D eigenvalue weighted by Gasteiger charge is 2.24. The molecule has 0 atom stereocenters. The summed E-state index contributed by atoms with van der Waals surface area (Å²) in [6.45, 7) is 0. The topological polar surface area (TPSA) is 26.3 Å². The van der Waals surface area contributed by atoms with Crippen LogP contribution in [0.5, 0.6) is 0 Å². The van der Waals surface area contributed by atoms with Crippen molar-refractivity contribution in [3.05, 3.63) is 326 Å². The van der Waals surface area contributed by atoms with Gasteiger partial charge in [-0.25, -0.2) is 0 Å². The van der Waals surface area contributed by atoms with Crippen LogP contribution in [0.2, 0.25) is 0 Å². The van der Waals surface area contributed by atoms with E-state index in [0.29, 0.717) is 0 Å². The van der Waals surface area contributed by atoms with Gasteiger partial charge in [0.1, 0.15) is 22.3 Å². The fraction of sp³-hybridized carbons (Fsp3) is 0. The lowest BCUT2D eigenvalue weighted by Crippen LogP contribution is -1.94. The summed E-state index contributed by atoms with van der Waals surface area (Å²) < 4.78 is 491. The van der Waals surface area contributed by atoms with E-state index < -0.39 is 495 Å². The molecular formula is C90H54O2. The molecule has 2 nitrogen and oxygen atoms in total. The van der Waals surface area contributed by atoms with E-state index >= 15 is 0 Å². The molecule has 2 heterocycles. The van der Waals surface area contributed by atoms with E-state index in [4.69, 9.17) is 60.9 Å². The number of benzene rings is 18. The third kappa shape index (κ3) is 8.00. The first-order valence-corrected chi connectivity index (χ1v) is 27.4. The lowest BCUT2D eigenvalue weighted by molar-refractivity contribution is 0.669. The van der Waals surface area contributed by atoms with Crippen molar-refractivity contribution < 1.29 is 81.5 Å². The molecule has 0 unspecified atom stereocenters. The zero-order chi connectivity index (χ0) is 107. The van der Waals surface area contributed by atoms with Crippen LogP contribution in [0.1, 0.15) is 72.7 Å². The summed E-state index contributed by atoms with van der Waals surface area (Å²) in [6, 6.07) is -46.0. The van der Waals surface area contributed by atoms with Gasteiger partial charge in [0.25, 0.3) is 0 Å². The van der Waals surface area contributed by atoms with Gasteiger partial charge in [-0.1, -0.05) is 290 Å². The van der Waals surface area contributed by atoms with Crippen molar-refractivity contribution in [1.29, 1.82) is 0 Å². The Bertz CT molecular complexity index is 9600. The van der Waals surface area contributed by atoms with E-state index in [2.05, 4.69) is 0 Å². The quantitative estimate of drug-likeness (QED) is 0.161. The molecule has 0 aliphatic heterocycles. The molecule has 0 aliphatic carbocycles. The summed E-state index contributed by atoms with van der Waals surface area (Å²) in [4.78, 5) is 0. The molecule has 2 aromatic heterocycles. The van der Waals surface area contributed by atoms with Crippen LogP contribution in [0.4, 0.5) is 0 Å². The molecule has 0 aliphatic rings. The molecule has 0 bridgehead atoms. The van der Waals surface area contributed by atoms with E-state index in [0.717, 1.165) is 6.07 Å². The van der Waals surface area contributed by atoms with Crippen molar-refractivity contribution in [2.24, 2.45) is 0 Å². The van der Waals surface area contributed by atoms with Crippen molar-refractivity contribution in [3.8, 4) is 55.6 Å². The van der Waals surface area contributed by atoms with Gasteiger partial charge < -0.3 is 8.83 Å². The monoisotopic (exact) mass is 1220 g/mol. The predicted molar refractivity (Wildman–Crippen MR) is 392 cm³/mol. The molecule has 0 fully saturated rings. The van der Waals surface area contributed by atoms with Gasteiger partial charge in [-0.05, 0) is 178 Å². The average molecular weight is 1220 g/mol. The molecule has 0 saturated heterocycles. The number of fused-ring (bicyclic) bond motifs is 17. The SMILES string of the molecule is [2H]c1c([2H])c([2H])c2c([2H])c(-c3c4c([2H])c([2H])c([2H])c([2H])c4c(-c4c([2H])c([2H])c([2H])c5c([2H])c([2H])c([2H])c([2H])c45)c4c([2H])c([2H])c([2H])c([2H])c34)c(-c3cc([2H])c4c(oc5c([2H])c([2H])c6c([2H])c([2H])c([2H])c([2H])c6c54)c3[2H])c([2H])c2c1[2H].[2H]c1c([2H])c([2H])c2c(oc3c([2H])c([2H])c4c([2H])c([2H])c([2H])c([2H])c4c32)c1-c1c2c([2H])c([2H])c([2H])c([2H])c2c(-c2c([2H])c([2H])c([2H])c3c([2H])c([2H])c([2H])c([2H])c23)c2c([2H])c([2H])c([2H])c([2H])c12. The maximum absolute atomic E-state index is 10.1. The smallest absolute Gasteiger partial charge is 0.143 e. The zero-order valence-electron chi connectivity index (χ0n) is 98.9. The summed E-state index contributed by atoms with van der Waals surface area (Å²) in [5.74, 6) is 0. The van der Waals surface area contributed by atoms with Crippen molar-refractivity contribution in [2.45, 2.75) is 0 Å². The van der Waals surface area contributed by atoms with E-state index in [9.17, 15) is 20.6 Å². The van der Waals surface area contributed by atoms with Crippen LogP contribution in [-0.2, 0) is 0 Å². The van der Waals surface area contributed by atoms with E-state index in [1.54, 1.807) is 0 Å². The molecule has 0 saturated carbocycles. The first-order valence-electron chi connectivity index (χ1n) is 53.9. The van der Waals surface area contributed by atoms with E-state index in [-0.39, 0.29) is 21.5 Å². The van der Waals surface area contributed by atoms with Crippen LogP contribution in [0.3, 0.4) is 0 Å². The second-order valence-electron chi connectivity index (χ2n) is 20.3. The normalized spacial score (nSPS) is 20.0. The predicted octanol–water partition coefficient (Wildman–Crippen LogP) is 25.9. The van der Waals surface area contributed by atoms with Gasteiger partial charge in [-0.3, -0.25) is 0 Å². The Morgan fingerprint density at radius 1 is 0.196 bits per heavy atom. The number of furan rings is 2. The lowest BCUT2D eigenvalue weighted by Gasteiger charge is -2.21. The van der Waals surface area contributed by atoms with E-state index in [1.165, 1.54) is 0 Å². The lowest BCUT2D eigenvalue weighted by atomic mass is 9.82. The standard InChI is InChI=1S/C50H30O.C40H24O/c1-2-15-34-29-45(44(28-33(34)14-1)35-24-26-43-47(30-35)51-46-27-25-32-13-4-6-18-37(32)50(43)46)49-41-21-9-7-19-39(41)48(40-20-8-10-22-42(40)49)38-23-11-16-31-12-3-5-17-36(31)38;1-3-14-27-25(11-1)13-9-20-29(27)37-30-16-5-7-18-32(30)38(33-19-8-6-17-31(33)37)34-21-10-22-35-39-28-15-4-2-12-26(28)23-24-36(39)41-40(34)35/h1-30H;1-24H/i1D,2D,3D,4D,5D,6D,7D,8D,9D,10D,11D,12D,13D,14D,15D,16D,17D,18D,19D,20D,21D,22D,23D,25D,26D,27D,28D,29D,30D;1D,2D,3D,4D,5D,6D,7D,8D,9D,10D,11D,12D,13D,14D,15D,16D,17D,18D,19D,20D,21D,22D,23D,24D. The number of hydrogen-bond acceptors (Lipinski definition) is 2. The van der Waals surface area contributed by atoms with Gasteiger partial charge in [0.15, 0.2) is 0 Å². The summed E-state index contributed by atoms with van der Waals surface area (Å²) in [7, 11) is 0. The molecule has 2 heteroatoms. The van der Waals surface area contributed by atoms with Gasteiger partial charge in [0.2, 0.25) is 0 Å². The Hall–Kier alpha value is -12.1. The van der Waals surface area contributed by atoms with Gasteiger partial charge >= 0.3 is 0 Å². The molecule has 426 valence electrons. The fourth-order valence-corrected chi connectivity index (χ4v) is 11.8. The highest BCUT2D eigenvalue weighted by Crippen LogP contribution is 2.51. The Balaban J connectivity index is 0.000000187. The highest BCUT2D eigenvalue weighted by atomic mass is 16.3. The summed E-state index contributed by atoms with van der Waals surface area (Å²) in [5.41, 5.74) is -9.42. The maximum Gasteiger partial charge on any atom is 0.143 e. The third-order valence-electron chi connectivity index (χ3n) is 15.6. The minimum Gasteiger partial charge on any atom is -0.456 e. The zero-order valence-corrected chi connectivity index (χ0v) is 45.9. The van der Waals surface area contributed by atoms with Crippen molar-refractivity contribution >= 4 is 141 Å². The molecule has 20 rings (SSSR count). The molecule has 18 aromatic carbocycles. The van der Waals surface area contributed by atoms with Crippen molar-refractivity contribution in [2.75, 3.05) is 0 Å². The van der Waals surface area contributed by atoms with Crippen LogP contribution >= 0.6 is 0 Å². The van der Waals surface area contributed by atoms with Gasteiger partial charge in [-0.2, -0.15) is 0 Å². The first kappa shape index (κ1) is 21.8. The summed E-state index contributed by atoms with van der Waals surface area (Å²) in [5, 5.41) is -12.9. The van der Waals surface area contributed by atoms with Crippen LogP contribution in [0.15, 0.2) is 335 Å². The largest absolute Gasteiger partial charge is 0.456 e. The Kier molecular flexibility index (Phi) is 4.93. The number of hydrogen-bond donors (Lipinski definition) is 0. The fourth-order valence-electron chi connectivity index (χ4n) is 11.8. The van der Waals surface area contributed by atoms with Gasteiger partial charge in [-0.15, -0.1) is 0 Å². The Labute approximate surface area is 604 Å². The second-order valence-corrected chi connectivity index (χ2v) is 20.3. The summed E-state index contributed by atoms with van der Waals surface area (Å²) >= 11 is 0. The minimum atomic E-state index is -1.05. The van der Waals surface area contributed by atoms with Gasteiger partial charge in [0, 0.05) is 32.7 Å². The molecule has 0 N–H and O–H groups in total. The number of rotatable bonds is 5. The van der Waals surface area contributed by atoms with Gasteiger partial charge in [0.05, 0.1) is 72.7 Å². The molecule has 0 spiro atoms. The molecule has 0 radical (unpaired) electrons. The number of para-hydroxylation sites is 1. The van der Waals surface area contributed by atoms with E-state index in [1.807, 2.05) is 0 Å². The molecule has 0 amide bonds. The Morgan fingerprint density at radius 3 is 1.00 bits per heavy atom. The van der Waals surface area contributed by atoms with Crippen LogP contribution < -0.4 is 0 Å². The third-order valence-corrected chi connectivity index (χ3v) is 15.6. The average Bonchev–Trinajstić information content (AvgIpc) is 1.18. The van der Waals surface area contributed by atoms with Crippen LogP contribution in [-0.4, -0.2) is 0 Å². The van der Waals surface area contributed by atoms with Crippen molar-refractivity contribution in [3.63, 3.8) is 0 Å². The Morgan fingerprint density at radius 2 is 0.522 bits per heavy atom. The van der Waals surface area contributed by atoms with Crippen LogP contribution in [0.25, 0.3) is 196 Å². The summed E-state index contributed by atoms with van der Waals surface area (Å²) in [6.07, 6.45) is 0. The first-order chi connectivity index (χ1) is 67.7. The minimum absolute atomic E-state index is 0.298. The maximum atomic E-state index is 10.1. The molecular weight excluding hydrogens is 1110 g/mol. The van der Waals surface area contributed by atoms with Crippen LogP contribution in [0, 0.1) is 0 Å². The van der Waals surface area contributed by atoms with Crippen molar-refractivity contribution in [1.82, 2.24) is 0 Å². The molecule has 20 aromatic rings. The highest BCUT2D eigenvalue weighted by molar-refractivity contribution is 6.29. The molecule has 92 heavy (non-hydrogen) atoms. The second kappa shape index (κ2) is 20.8.